The Hall–Kier alpha value is -0.340. The molecular formula is C17H32N2. The van der Waals surface area contributed by atoms with Crippen LogP contribution in [0.15, 0.2) is 11.6 Å². The van der Waals surface area contributed by atoms with Crippen LogP contribution in [0.2, 0.25) is 0 Å². The molecule has 0 aromatic rings. The highest BCUT2D eigenvalue weighted by Crippen LogP contribution is 2.37. The Bertz CT molecular complexity index is 310. The van der Waals surface area contributed by atoms with E-state index in [1.165, 1.54) is 51.4 Å². The summed E-state index contributed by atoms with van der Waals surface area (Å²) in [5.41, 5.74) is 2.00. The molecule has 0 aromatic heterocycles. The Kier molecular flexibility index (Phi) is 5.08. The summed E-state index contributed by atoms with van der Waals surface area (Å²) in [7, 11) is 0. The van der Waals surface area contributed by atoms with Crippen LogP contribution >= 0.6 is 0 Å². The molecule has 1 unspecified atom stereocenters. The third-order valence-corrected chi connectivity index (χ3v) is 4.73. The van der Waals surface area contributed by atoms with Gasteiger partial charge in [-0.05, 0) is 49.9 Å². The van der Waals surface area contributed by atoms with Gasteiger partial charge in [-0.3, -0.25) is 5.84 Å². The second-order valence-corrected chi connectivity index (χ2v) is 7.58. The molecule has 0 aliphatic heterocycles. The van der Waals surface area contributed by atoms with Crippen molar-refractivity contribution in [2.24, 2.45) is 17.2 Å². The lowest BCUT2D eigenvalue weighted by atomic mass is 9.73. The molecule has 1 atom stereocenters. The molecule has 19 heavy (non-hydrogen) atoms. The normalized spacial score (nSPS) is 26.5. The minimum Gasteiger partial charge on any atom is -0.269 e. The van der Waals surface area contributed by atoms with Crippen LogP contribution in [-0.2, 0) is 0 Å². The van der Waals surface area contributed by atoms with Gasteiger partial charge < -0.3 is 0 Å². The van der Waals surface area contributed by atoms with Crippen LogP contribution in [0.3, 0.4) is 0 Å². The third-order valence-electron chi connectivity index (χ3n) is 4.73. The second-order valence-electron chi connectivity index (χ2n) is 7.58. The van der Waals surface area contributed by atoms with E-state index in [1.807, 2.05) is 0 Å². The summed E-state index contributed by atoms with van der Waals surface area (Å²) in [4.78, 5) is 0. The van der Waals surface area contributed by atoms with Crippen molar-refractivity contribution in [1.29, 1.82) is 0 Å². The molecule has 0 spiro atoms. The van der Waals surface area contributed by atoms with E-state index in [4.69, 9.17) is 5.84 Å². The van der Waals surface area contributed by atoms with Gasteiger partial charge in [-0.25, -0.2) is 5.01 Å². The predicted molar refractivity (Wildman–Crippen MR) is 82.6 cm³/mol. The van der Waals surface area contributed by atoms with Crippen LogP contribution in [0.4, 0.5) is 0 Å². The van der Waals surface area contributed by atoms with E-state index in [0.717, 1.165) is 6.54 Å². The molecule has 2 rings (SSSR count). The largest absolute Gasteiger partial charge is 0.269 e. The fourth-order valence-electron chi connectivity index (χ4n) is 3.25. The number of hydrogen-bond donors (Lipinski definition) is 1. The third kappa shape index (κ3) is 4.61. The fourth-order valence-corrected chi connectivity index (χ4v) is 3.25. The predicted octanol–water partition coefficient (Wildman–Crippen LogP) is 4.27. The Labute approximate surface area is 119 Å². The van der Waals surface area contributed by atoms with Gasteiger partial charge >= 0.3 is 0 Å². The van der Waals surface area contributed by atoms with Crippen molar-refractivity contribution in [1.82, 2.24) is 5.01 Å². The zero-order valence-corrected chi connectivity index (χ0v) is 13.1. The van der Waals surface area contributed by atoms with E-state index in [2.05, 4.69) is 31.9 Å². The summed E-state index contributed by atoms with van der Waals surface area (Å²) in [6.45, 7) is 8.16. The second kappa shape index (κ2) is 6.41. The first-order valence-corrected chi connectivity index (χ1v) is 8.19. The summed E-state index contributed by atoms with van der Waals surface area (Å²) >= 11 is 0. The van der Waals surface area contributed by atoms with Gasteiger partial charge in [-0.2, -0.15) is 0 Å². The average molecular weight is 264 g/mol. The van der Waals surface area contributed by atoms with E-state index in [1.54, 1.807) is 5.57 Å². The molecule has 2 aliphatic carbocycles. The molecule has 1 fully saturated rings. The molecule has 0 radical (unpaired) electrons. The Morgan fingerprint density at radius 2 is 1.89 bits per heavy atom. The van der Waals surface area contributed by atoms with Crippen LogP contribution in [0.1, 0.15) is 72.1 Å². The van der Waals surface area contributed by atoms with Crippen molar-refractivity contribution in [3.05, 3.63) is 11.6 Å². The summed E-state index contributed by atoms with van der Waals surface area (Å²) in [5, 5.41) is 2.12. The minimum atomic E-state index is 0.317. The Morgan fingerprint density at radius 1 is 1.21 bits per heavy atom. The van der Waals surface area contributed by atoms with Gasteiger partial charge in [-0.1, -0.05) is 45.3 Å². The lowest BCUT2D eigenvalue weighted by molar-refractivity contribution is 0.164. The van der Waals surface area contributed by atoms with E-state index < -0.39 is 0 Å². The standard InChI is InChI=1S/C17H32N2/c1-17(2,3)16(13-19(18)15-11-12-15)14-9-7-5-4-6-8-10-14/h9,15-16H,4-8,10-13,18H2,1-3H3/b14-9-. The maximum absolute atomic E-state index is 6.26. The zero-order chi connectivity index (χ0) is 13.9. The van der Waals surface area contributed by atoms with Crippen LogP contribution < -0.4 is 5.84 Å². The van der Waals surface area contributed by atoms with E-state index >= 15 is 0 Å². The maximum Gasteiger partial charge on any atom is 0.0242 e. The highest BCUT2D eigenvalue weighted by molar-refractivity contribution is 5.12. The van der Waals surface area contributed by atoms with Crippen molar-refractivity contribution in [3.8, 4) is 0 Å². The first-order valence-electron chi connectivity index (χ1n) is 8.19. The molecule has 0 saturated heterocycles. The first-order chi connectivity index (χ1) is 8.98. The van der Waals surface area contributed by atoms with Crippen molar-refractivity contribution in [2.45, 2.75) is 78.2 Å². The molecule has 1 saturated carbocycles. The molecular weight excluding hydrogens is 232 g/mol. The lowest BCUT2D eigenvalue weighted by Gasteiger charge is -2.36. The first kappa shape index (κ1) is 15.1. The van der Waals surface area contributed by atoms with Crippen molar-refractivity contribution in [3.63, 3.8) is 0 Å². The van der Waals surface area contributed by atoms with Gasteiger partial charge in [-0.15, -0.1) is 0 Å². The molecule has 0 amide bonds. The average Bonchev–Trinajstić information content (AvgIpc) is 3.08. The fraction of sp³-hybridized carbons (Fsp3) is 0.882. The van der Waals surface area contributed by atoms with Gasteiger partial charge in [0.2, 0.25) is 0 Å². The monoisotopic (exact) mass is 264 g/mol. The van der Waals surface area contributed by atoms with E-state index in [0.29, 0.717) is 17.4 Å². The Balaban J connectivity index is 2.06. The quantitative estimate of drug-likeness (QED) is 0.467. The van der Waals surface area contributed by atoms with Crippen LogP contribution in [0.5, 0.6) is 0 Å². The molecule has 2 heteroatoms. The van der Waals surface area contributed by atoms with Gasteiger partial charge in [0.25, 0.3) is 0 Å². The summed E-state index contributed by atoms with van der Waals surface area (Å²) in [5.74, 6) is 6.88. The summed E-state index contributed by atoms with van der Waals surface area (Å²) in [6, 6.07) is 0.666. The maximum atomic E-state index is 6.26. The van der Waals surface area contributed by atoms with Gasteiger partial charge in [0.15, 0.2) is 0 Å². The number of hydrogen-bond acceptors (Lipinski definition) is 2. The SMILES string of the molecule is CC(C)(C)C(CN(N)C1CC1)/C1=C\CCCCCC1. The zero-order valence-electron chi connectivity index (χ0n) is 13.1. The molecule has 2 nitrogen and oxygen atoms in total. The number of hydrazine groups is 1. The van der Waals surface area contributed by atoms with Crippen LogP contribution in [0, 0.1) is 11.3 Å². The van der Waals surface area contributed by atoms with E-state index in [-0.39, 0.29) is 0 Å². The minimum absolute atomic E-state index is 0.317. The number of allylic oxidation sites excluding steroid dienone is 1. The molecule has 0 bridgehead atoms. The lowest BCUT2D eigenvalue weighted by Crippen LogP contribution is -2.42. The molecule has 2 N–H and O–H groups in total. The van der Waals surface area contributed by atoms with Crippen LogP contribution in [-0.4, -0.2) is 17.6 Å². The molecule has 110 valence electrons. The highest BCUT2D eigenvalue weighted by atomic mass is 15.4. The highest BCUT2D eigenvalue weighted by Gasteiger charge is 2.34. The van der Waals surface area contributed by atoms with Crippen molar-refractivity contribution < 1.29 is 0 Å². The number of nitrogens with two attached hydrogens (primary N) is 1. The topological polar surface area (TPSA) is 29.3 Å². The van der Waals surface area contributed by atoms with Gasteiger partial charge in [0, 0.05) is 12.6 Å². The number of rotatable bonds is 4. The Morgan fingerprint density at radius 3 is 2.53 bits per heavy atom. The molecule has 0 heterocycles. The van der Waals surface area contributed by atoms with Crippen molar-refractivity contribution in [2.75, 3.05) is 6.54 Å². The smallest absolute Gasteiger partial charge is 0.0242 e. The van der Waals surface area contributed by atoms with Gasteiger partial charge in [0.05, 0.1) is 0 Å². The van der Waals surface area contributed by atoms with E-state index in [9.17, 15) is 0 Å². The van der Waals surface area contributed by atoms with Crippen LogP contribution in [0.25, 0.3) is 0 Å². The molecule has 2 aliphatic rings. The number of nitrogens with zero attached hydrogens (tertiary/aromatic N) is 1. The summed E-state index contributed by atoms with van der Waals surface area (Å²) in [6.07, 6.45) is 13.3. The van der Waals surface area contributed by atoms with Gasteiger partial charge in [0.1, 0.15) is 0 Å². The van der Waals surface area contributed by atoms with Crippen molar-refractivity contribution >= 4 is 0 Å². The molecule has 0 aromatic carbocycles. The summed E-state index contributed by atoms with van der Waals surface area (Å²) < 4.78 is 0.